The van der Waals surface area contributed by atoms with Crippen LogP contribution in [-0.2, 0) is 0 Å². The lowest BCUT2D eigenvalue weighted by atomic mass is 10.0. The summed E-state index contributed by atoms with van der Waals surface area (Å²) in [5.74, 6) is -1.83. The quantitative estimate of drug-likeness (QED) is 0.733. The lowest BCUT2D eigenvalue weighted by Crippen LogP contribution is -2.28. The van der Waals surface area contributed by atoms with E-state index in [1.54, 1.807) is 10.6 Å². The van der Waals surface area contributed by atoms with Crippen molar-refractivity contribution >= 4 is 34.3 Å². The molecule has 1 atom stereocenters. The van der Waals surface area contributed by atoms with Crippen molar-refractivity contribution in [2.24, 2.45) is 0 Å². The van der Waals surface area contributed by atoms with Crippen molar-refractivity contribution in [3.63, 3.8) is 0 Å². The van der Waals surface area contributed by atoms with Crippen molar-refractivity contribution < 1.29 is 14.3 Å². The summed E-state index contributed by atoms with van der Waals surface area (Å²) in [6.07, 6.45) is 0. The standard InChI is InChI=1S/C20H17FN2O3S/c1-10-23-16-9-13(11-4-6-12(7-5-11)22(2)3)15(21)8-14(16)18(24)17(20(25)26)19(23)27-10/h4-10H,1-3H3,(H,25,26). The summed E-state index contributed by atoms with van der Waals surface area (Å²) >= 11 is 1.33. The largest absolute Gasteiger partial charge is 0.477 e. The van der Waals surface area contributed by atoms with E-state index in [2.05, 4.69) is 0 Å². The minimum atomic E-state index is -1.28. The Morgan fingerprint density at radius 2 is 1.89 bits per heavy atom. The fourth-order valence-corrected chi connectivity index (χ4v) is 4.55. The predicted octanol–water partition coefficient (Wildman–Crippen LogP) is 4.20. The number of aromatic nitrogens is 1. The van der Waals surface area contributed by atoms with Crippen molar-refractivity contribution in [2.45, 2.75) is 17.3 Å². The summed E-state index contributed by atoms with van der Waals surface area (Å²) in [5, 5.41) is 9.90. The first-order valence-electron chi connectivity index (χ1n) is 8.39. The highest BCUT2D eigenvalue weighted by atomic mass is 32.2. The van der Waals surface area contributed by atoms with Gasteiger partial charge in [0.15, 0.2) is 0 Å². The number of fused-ring (bicyclic) bond motifs is 3. The van der Waals surface area contributed by atoms with Crippen LogP contribution in [0.4, 0.5) is 10.1 Å². The van der Waals surface area contributed by atoms with Crippen molar-refractivity contribution in [2.75, 3.05) is 19.0 Å². The molecule has 0 saturated carbocycles. The molecule has 0 radical (unpaired) electrons. The number of carboxylic acid groups (broad SMARTS) is 1. The van der Waals surface area contributed by atoms with Gasteiger partial charge in [0.05, 0.1) is 15.9 Å². The minimum Gasteiger partial charge on any atom is -0.477 e. The minimum absolute atomic E-state index is 0.0179. The van der Waals surface area contributed by atoms with Crippen LogP contribution in [0.25, 0.3) is 22.0 Å². The van der Waals surface area contributed by atoms with Gasteiger partial charge >= 0.3 is 5.97 Å². The van der Waals surface area contributed by atoms with Crippen LogP contribution in [0.5, 0.6) is 0 Å². The molecule has 138 valence electrons. The molecule has 0 spiro atoms. The Morgan fingerprint density at radius 1 is 1.22 bits per heavy atom. The number of aromatic carboxylic acids is 1. The number of anilines is 1. The SMILES string of the molecule is CC1Sc2c(C(=O)O)c(=O)c3cc(F)c(-c4ccc(N(C)C)cc4)cc3n21. The number of benzene rings is 2. The highest BCUT2D eigenvalue weighted by Crippen LogP contribution is 2.46. The van der Waals surface area contributed by atoms with Crippen LogP contribution in [0, 0.1) is 5.82 Å². The molecule has 1 aromatic heterocycles. The Morgan fingerprint density at radius 3 is 2.44 bits per heavy atom. The Hall–Kier alpha value is -2.80. The van der Waals surface area contributed by atoms with Gasteiger partial charge in [-0.05, 0) is 36.8 Å². The van der Waals surface area contributed by atoms with Gasteiger partial charge in [-0.25, -0.2) is 9.18 Å². The van der Waals surface area contributed by atoms with E-state index in [9.17, 15) is 19.1 Å². The molecule has 3 aromatic rings. The molecule has 0 fully saturated rings. The van der Waals surface area contributed by atoms with Crippen molar-refractivity contribution in [1.29, 1.82) is 0 Å². The van der Waals surface area contributed by atoms with Gasteiger partial charge in [-0.3, -0.25) is 4.79 Å². The van der Waals surface area contributed by atoms with Gasteiger partial charge < -0.3 is 14.6 Å². The van der Waals surface area contributed by atoms with Gasteiger partial charge in [0.25, 0.3) is 0 Å². The summed E-state index contributed by atoms with van der Waals surface area (Å²) < 4.78 is 16.6. The number of nitrogens with zero attached hydrogens (tertiary/aromatic N) is 2. The molecule has 5 nitrogen and oxygen atoms in total. The first-order chi connectivity index (χ1) is 12.8. The molecule has 0 bridgehead atoms. The number of rotatable bonds is 3. The summed E-state index contributed by atoms with van der Waals surface area (Å²) in [4.78, 5) is 26.1. The molecule has 0 saturated heterocycles. The Bertz CT molecular complexity index is 1150. The smallest absolute Gasteiger partial charge is 0.342 e. The lowest BCUT2D eigenvalue weighted by molar-refractivity contribution is 0.0689. The zero-order valence-electron chi connectivity index (χ0n) is 15.0. The molecule has 0 amide bonds. The van der Waals surface area contributed by atoms with Gasteiger partial charge in [0, 0.05) is 30.7 Å². The third-order valence-electron chi connectivity index (χ3n) is 4.80. The van der Waals surface area contributed by atoms with Crippen LogP contribution in [0.15, 0.2) is 46.2 Å². The van der Waals surface area contributed by atoms with E-state index in [0.29, 0.717) is 21.7 Å². The first-order valence-corrected chi connectivity index (χ1v) is 9.27. The molecule has 27 heavy (non-hydrogen) atoms. The highest BCUT2D eigenvalue weighted by molar-refractivity contribution is 8.00. The zero-order chi connectivity index (χ0) is 19.5. The maximum absolute atomic E-state index is 14.8. The van der Waals surface area contributed by atoms with Gasteiger partial charge in [0.2, 0.25) is 5.43 Å². The second kappa shape index (κ2) is 6.13. The zero-order valence-corrected chi connectivity index (χ0v) is 15.8. The van der Waals surface area contributed by atoms with E-state index in [1.807, 2.05) is 50.2 Å². The maximum atomic E-state index is 14.8. The average Bonchev–Trinajstić information content (AvgIpc) is 2.61. The molecule has 1 aliphatic heterocycles. The van der Waals surface area contributed by atoms with E-state index in [-0.39, 0.29) is 16.3 Å². The van der Waals surface area contributed by atoms with Crippen LogP contribution >= 0.6 is 11.8 Å². The number of carboxylic acids is 1. The molecule has 2 heterocycles. The predicted molar refractivity (Wildman–Crippen MR) is 105 cm³/mol. The number of thioether (sulfide) groups is 1. The number of pyridine rings is 1. The van der Waals surface area contributed by atoms with E-state index in [4.69, 9.17) is 0 Å². The molecule has 1 unspecified atom stereocenters. The average molecular weight is 384 g/mol. The van der Waals surface area contributed by atoms with Crippen molar-refractivity contribution in [3.8, 4) is 11.1 Å². The van der Waals surface area contributed by atoms with Crippen LogP contribution in [-0.4, -0.2) is 29.7 Å². The monoisotopic (exact) mass is 384 g/mol. The molecule has 7 heteroatoms. The normalized spacial score (nSPS) is 15.3. The van der Waals surface area contributed by atoms with Crippen LogP contribution in [0.3, 0.4) is 0 Å². The van der Waals surface area contributed by atoms with Gasteiger partial charge in [-0.1, -0.05) is 23.9 Å². The van der Waals surface area contributed by atoms with E-state index >= 15 is 0 Å². The van der Waals surface area contributed by atoms with E-state index < -0.39 is 17.2 Å². The number of carbonyl (C=O) groups is 1. The Labute approximate surface area is 159 Å². The van der Waals surface area contributed by atoms with Gasteiger partial charge in [-0.15, -0.1) is 0 Å². The molecule has 1 aliphatic rings. The van der Waals surface area contributed by atoms with Gasteiger partial charge in [-0.2, -0.15) is 0 Å². The Balaban J connectivity index is 1.98. The van der Waals surface area contributed by atoms with Crippen LogP contribution < -0.4 is 10.3 Å². The molecule has 0 aliphatic carbocycles. The summed E-state index contributed by atoms with van der Waals surface area (Å²) in [6, 6.07) is 10.3. The highest BCUT2D eigenvalue weighted by Gasteiger charge is 2.33. The third-order valence-corrected chi connectivity index (χ3v) is 5.98. The molecular formula is C20H17FN2O3S. The molecule has 2 aromatic carbocycles. The van der Waals surface area contributed by atoms with E-state index in [0.717, 1.165) is 11.8 Å². The Kier molecular flexibility index (Phi) is 3.99. The third kappa shape index (κ3) is 2.61. The number of hydrogen-bond acceptors (Lipinski definition) is 4. The molecule has 1 N–H and O–H groups in total. The topological polar surface area (TPSA) is 62.5 Å². The lowest BCUT2D eigenvalue weighted by Gasteiger charge is -2.32. The number of halogens is 1. The summed E-state index contributed by atoms with van der Waals surface area (Å²) in [6.45, 7) is 1.92. The van der Waals surface area contributed by atoms with Crippen molar-refractivity contribution in [1.82, 2.24) is 4.57 Å². The van der Waals surface area contributed by atoms with Crippen LogP contribution in [0.1, 0.15) is 22.7 Å². The fourth-order valence-electron chi connectivity index (χ4n) is 3.40. The second-order valence-electron chi connectivity index (χ2n) is 6.69. The maximum Gasteiger partial charge on any atom is 0.342 e. The van der Waals surface area contributed by atoms with Crippen LogP contribution in [0.2, 0.25) is 0 Å². The van der Waals surface area contributed by atoms with Gasteiger partial charge in [0.1, 0.15) is 11.4 Å². The summed E-state index contributed by atoms with van der Waals surface area (Å²) in [5.41, 5.74) is 1.71. The fraction of sp³-hybridized carbons (Fsp3) is 0.200. The van der Waals surface area contributed by atoms with E-state index in [1.165, 1.54) is 11.8 Å². The molecular weight excluding hydrogens is 367 g/mol. The molecule has 4 rings (SSSR count). The second-order valence-corrected chi connectivity index (χ2v) is 8.00. The number of hydrogen-bond donors (Lipinski definition) is 1. The van der Waals surface area contributed by atoms with Crippen molar-refractivity contribution in [3.05, 3.63) is 58.0 Å². The summed E-state index contributed by atoms with van der Waals surface area (Å²) in [7, 11) is 3.86. The first kappa shape index (κ1) is 17.6.